The summed E-state index contributed by atoms with van der Waals surface area (Å²) in [4.78, 5) is 14.4. The number of thiophene rings is 1. The summed E-state index contributed by atoms with van der Waals surface area (Å²) in [6.07, 6.45) is 0. The number of hydrogen-bond acceptors (Lipinski definition) is 2. The highest BCUT2D eigenvalue weighted by atomic mass is 79.9. The molecule has 0 aliphatic carbocycles. The third kappa shape index (κ3) is 3.13. The Morgan fingerprint density at radius 1 is 1.33 bits per heavy atom. The lowest BCUT2D eigenvalue weighted by Gasteiger charge is -2.16. The van der Waals surface area contributed by atoms with Crippen LogP contribution in [0.5, 0.6) is 0 Å². The molecule has 0 bridgehead atoms. The Kier molecular flexibility index (Phi) is 4.43. The molecule has 5 heteroatoms. The van der Waals surface area contributed by atoms with Gasteiger partial charge in [0.1, 0.15) is 4.88 Å². The summed E-state index contributed by atoms with van der Waals surface area (Å²) >= 11 is 10.7. The Morgan fingerprint density at radius 2 is 2.00 bits per heavy atom. The van der Waals surface area contributed by atoms with Gasteiger partial charge in [-0.1, -0.05) is 39.7 Å². The molecule has 0 saturated carbocycles. The van der Waals surface area contributed by atoms with E-state index in [2.05, 4.69) is 15.9 Å². The lowest BCUT2D eigenvalue weighted by molar-refractivity contribution is 0.0790. The van der Waals surface area contributed by atoms with Crippen LogP contribution in [0.3, 0.4) is 0 Å². The number of amides is 1. The molecule has 1 aromatic heterocycles. The maximum Gasteiger partial charge on any atom is 0.265 e. The molecule has 0 saturated heterocycles. The first kappa shape index (κ1) is 13.6. The van der Waals surface area contributed by atoms with Crippen molar-refractivity contribution in [3.8, 4) is 0 Å². The molecule has 0 spiro atoms. The number of halogens is 2. The minimum absolute atomic E-state index is 0.0436. The molecular formula is C13H11BrClNOS. The molecule has 0 radical (unpaired) electrons. The van der Waals surface area contributed by atoms with Gasteiger partial charge in [0.05, 0.1) is 5.02 Å². The smallest absolute Gasteiger partial charge is 0.265 e. The molecule has 94 valence electrons. The molecule has 0 unspecified atom stereocenters. The lowest BCUT2D eigenvalue weighted by Crippen LogP contribution is -2.25. The van der Waals surface area contributed by atoms with Gasteiger partial charge in [-0.2, -0.15) is 0 Å². The van der Waals surface area contributed by atoms with Gasteiger partial charge < -0.3 is 4.90 Å². The average molecular weight is 345 g/mol. The second-order valence-corrected chi connectivity index (χ2v) is 6.12. The van der Waals surface area contributed by atoms with E-state index >= 15 is 0 Å². The van der Waals surface area contributed by atoms with Gasteiger partial charge in [-0.25, -0.2) is 0 Å². The summed E-state index contributed by atoms with van der Waals surface area (Å²) in [5, 5.41) is 2.34. The predicted molar refractivity (Wildman–Crippen MR) is 79.3 cm³/mol. The van der Waals surface area contributed by atoms with E-state index in [4.69, 9.17) is 11.6 Å². The van der Waals surface area contributed by atoms with Gasteiger partial charge >= 0.3 is 0 Å². The highest BCUT2D eigenvalue weighted by molar-refractivity contribution is 9.10. The molecule has 0 aliphatic rings. The van der Waals surface area contributed by atoms with Crippen LogP contribution >= 0.6 is 38.9 Å². The summed E-state index contributed by atoms with van der Waals surface area (Å²) in [6, 6.07) is 9.65. The summed E-state index contributed by atoms with van der Waals surface area (Å²) in [5.41, 5.74) is 1.08. The van der Waals surface area contributed by atoms with Crippen LogP contribution in [0.15, 0.2) is 40.2 Å². The molecule has 0 atom stereocenters. The quantitative estimate of drug-likeness (QED) is 0.806. The highest BCUT2D eigenvalue weighted by Gasteiger charge is 2.16. The average Bonchev–Trinajstić information content (AvgIpc) is 2.77. The molecule has 2 rings (SSSR count). The molecule has 2 aromatic rings. The SMILES string of the molecule is CN(Cc1ccc(Br)cc1)C(=O)c1sccc1Cl. The van der Waals surface area contributed by atoms with E-state index in [1.807, 2.05) is 29.6 Å². The number of benzene rings is 1. The fraction of sp³-hybridized carbons (Fsp3) is 0.154. The third-order valence-corrected chi connectivity index (χ3v) is 4.35. The van der Waals surface area contributed by atoms with E-state index < -0.39 is 0 Å². The minimum Gasteiger partial charge on any atom is -0.337 e. The molecular weight excluding hydrogens is 334 g/mol. The van der Waals surface area contributed by atoms with Gasteiger partial charge in [-0.3, -0.25) is 4.79 Å². The van der Waals surface area contributed by atoms with Crippen LogP contribution in [0.25, 0.3) is 0 Å². The topological polar surface area (TPSA) is 20.3 Å². The maximum atomic E-state index is 12.1. The molecule has 0 fully saturated rings. The van der Waals surface area contributed by atoms with Crippen LogP contribution in [0.2, 0.25) is 5.02 Å². The fourth-order valence-corrected chi connectivity index (χ4v) is 2.95. The highest BCUT2D eigenvalue weighted by Crippen LogP contribution is 2.24. The molecule has 1 amide bonds. The van der Waals surface area contributed by atoms with Crippen molar-refractivity contribution >= 4 is 44.8 Å². The van der Waals surface area contributed by atoms with E-state index in [9.17, 15) is 4.79 Å². The van der Waals surface area contributed by atoms with Crippen molar-refractivity contribution < 1.29 is 4.79 Å². The Morgan fingerprint density at radius 3 is 2.56 bits per heavy atom. The third-order valence-electron chi connectivity index (χ3n) is 2.49. The summed E-state index contributed by atoms with van der Waals surface area (Å²) in [7, 11) is 1.78. The van der Waals surface area contributed by atoms with E-state index in [-0.39, 0.29) is 5.91 Å². The van der Waals surface area contributed by atoms with E-state index in [0.717, 1.165) is 10.0 Å². The summed E-state index contributed by atoms with van der Waals surface area (Å²) in [5.74, 6) is -0.0436. The first-order valence-electron chi connectivity index (χ1n) is 5.31. The number of carbonyl (C=O) groups excluding carboxylic acids is 1. The summed E-state index contributed by atoms with van der Waals surface area (Å²) < 4.78 is 1.03. The Bertz CT molecular complexity index is 552. The molecule has 1 aromatic carbocycles. The van der Waals surface area contributed by atoms with Gasteiger partial charge in [-0.05, 0) is 29.1 Å². The lowest BCUT2D eigenvalue weighted by atomic mass is 10.2. The zero-order chi connectivity index (χ0) is 13.1. The van der Waals surface area contributed by atoms with E-state index in [0.29, 0.717) is 16.4 Å². The van der Waals surface area contributed by atoms with Crippen LogP contribution in [0.4, 0.5) is 0 Å². The summed E-state index contributed by atoms with van der Waals surface area (Å²) in [6.45, 7) is 0.570. The monoisotopic (exact) mass is 343 g/mol. The zero-order valence-electron chi connectivity index (χ0n) is 9.69. The largest absolute Gasteiger partial charge is 0.337 e. The van der Waals surface area contributed by atoms with Crippen LogP contribution in [-0.4, -0.2) is 17.9 Å². The van der Waals surface area contributed by atoms with Crippen molar-refractivity contribution in [2.24, 2.45) is 0 Å². The number of hydrogen-bond donors (Lipinski definition) is 0. The normalized spacial score (nSPS) is 10.4. The zero-order valence-corrected chi connectivity index (χ0v) is 12.8. The van der Waals surface area contributed by atoms with Crippen molar-refractivity contribution in [3.63, 3.8) is 0 Å². The standard InChI is InChI=1S/C13H11BrClNOS/c1-16(8-9-2-4-10(14)5-3-9)13(17)12-11(15)6-7-18-12/h2-7H,8H2,1H3. The number of nitrogens with zero attached hydrogens (tertiary/aromatic N) is 1. The maximum absolute atomic E-state index is 12.1. The van der Waals surface area contributed by atoms with Gasteiger partial charge in [0.25, 0.3) is 5.91 Å². The van der Waals surface area contributed by atoms with Gasteiger partial charge in [0.15, 0.2) is 0 Å². The van der Waals surface area contributed by atoms with Gasteiger partial charge in [0.2, 0.25) is 0 Å². The van der Waals surface area contributed by atoms with Crippen molar-refractivity contribution in [3.05, 3.63) is 55.6 Å². The molecule has 1 heterocycles. The van der Waals surface area contributed by atoms with Crippen molar-refractivity contribution in [1.29, 1.82) is 0 Å². The Hall–Kier alpha value is -0.840. The van der Waals surface area contributed by atoms with E-state index in [1.54, 1.807) is 18.0 Å². The first-order valence-corrected chi connectivity index (χ1v) is 7.36. The fourth-order valence-electron chi connectivity index (χ4n) is 1.56. The van der Waals surface area contributed by atoms with Crippen LogP contribution in [-0.2, 0) is 6.54 Å². The second kappa shape index (κ2) is 5.87. The van der Waals surface area contributed by atoms with Crippen LogP contribution in [0, 0.1) is 0 Å². The van der Waals surface area contributed by atoms with Gasteiger partial charge in [0, 0.05) is 18.1 Å². The van der Waals surface area contributed by atoms with Crippen LogP contribution in [0.1, 0.15) is 15.2 Å². The Balaban J connectivity index is 2.08. The second-order valence-electron chi connectivity index (χ2n) is 3.89. The van der Waals surface area contributed by atoms with Crippen molar-refractivity contribution in [1.82, 2.24) is 4.90 Å². The number of carbonyl (C=O) groups is 1. The number of rotatable bonds is 3. The molecule has 18 heavy (non-hydrogen) atoms. The van der Waals surface area contributed by atoms with E-state index in [1.165, 1.54) is 11.3 Å². The van der Waals surface area contributed by atoms with Crippen molar-refractivity contribution in [2.45, 2.75) is 6.54 Å². The van der Waals surface area contributed by atoms with Gasteiger partial charge in [-0.15, -0.1) is 11.3 Å². The minimum atomic E-state index is -0.0436. The predicted octanol–water partition coefficient (Wildman–Crippen LogP) is 4.44. The van der Waals surface area contributed by atoms with Crippen LogP contribution < -0.4 is 0 Å². The first-order chi connectivity index (χ1) is 8.58. The Labute approximate surface area is 123 Å². The molecule has 0 N–H and O–H groups in total. The molecule has 2 nitrogen and oxygen atoms in total. The van der Waals surface area contributed by atoms with Crippen molar-refractivity contribution in [2.75, 3.05) is 7.05 Å². The molecule has 0 aliphatic heterocycles.